The first-order chi connectivity index (χ1) is 11.6. The predicted molar refractivity (Wildman–Crippen MR) is 94.7 cm³/mol. The molecule has 0 fully saturated rings. The molecule has 24 heavy (non-hydrogen) atoms. The van der Waals surface area contributed by atoms with Gasteiger partial charge in [0, 0.05) is 6.54 Å². The van der Waals surface area contributed by atoms with Gasteiger partial charge in [-0.1, -0.05) is 18.2 Å². The van der Waals surface area contributed by atoms with Crippen LogP contribution in [0, 0.1) is 5.82 Å². The quantitative estimate of drug-likeness (QED) is 0.816. The van der Waals surface area contributed by atoms with E-state index in [0.29, 0.717) is 24.3 Å². The molecule has 3 rings (SSSR count). The lowest BCUT2D eigenvalue weighted by Gasteiger charge is -2.19. The Morgan fingerprint density at radius 3 is 2.96 bits per heavy atom. The van der Waals surface area contributed by atoms with Crippen LogP contribution in [0.4, 0.5) is 10.1 Å². The van der Waals surface area contributed by atoms with Crippen LogP contribution in [-0.2, 0) is 17.8 Å². The number of carbonyl (C=O) groups is 1. The van der Waals surface area contributed by atoms with E-state index in [1.54, 1.807) is 6.07 Å². The number of ether oxygens (including phenoxy) is 1. The van der Waals surface area contributed by atoms with Gasteiger partial charge in [-0.05, 0) is 58.2 Å². The lowest BCUT2D eigenvalue weighted by molar-refractivity contribution is -0.116. The van der Waals surface area contributed by atoms with E-state index in [1.165, 1.54) is 0 Å². The van der Waals surface area contributed by atoms with Crippen molar-refractivity contribution < 1.29 is 13.9 Å². The number of nitrogens with one attached hydrogen (secondary N) is 2. The van der Waals surface area contributed by atoms with Crippen LogP contribution in [-0.4, -0.2) is 19.1 Å². The summed E-state index contributed by atoms with van der Waals surface area (Å²) >= 11 is 3.38. The summed E-state index contributed by atoms with van der Waals surface area (Å²) in [5.74, 6) is 0.0849. The zero-order valence-corrected chi connectivity index (χ0v) is 14.7. The van der Waals surface area contributed by atoms with E-state index in [9.17, 15) is 9.18 Å². The van der Waals surface area contributed by atoms with Gasteiger partial charge in [0.1, 0.15) is 11.6 Å². The monoisotopic (exact) mass is 392 g/mol. The van der Waals surface area contributed by atoms with Crippen molar-refractivity contribution in [3.05, 3.63) is 57.8 Å². The SMILES string of the molecule is O=C(CCOc1ccccc1Br)Nc1ccc2c(c1F)CCNC2. The smallest absolute Gasteiger partial charge is 0.227 e. The fourth-order valence-corrected chi connectivity index (χ4v) is 3.06. The number of halogens is 2. The lowest BCUT2D eigenvalue weighted by atomic mass is 9.99. The van der Waals surface area contributed by atoms with Gasteiger partial charge in [-0.2, -0.15) is 0 Å². The predicted octanol–water partition coefficient (Wildman–Crippen LogP) is 3.64. The largest absolute Gasteiger partial charge is 0.492 e. The number of rotatable bonds is 5. The van der Waals surface area contributed by atoms with Gasteiger partial charge < -0.3 is 15.4 Å². The van der Waals surface area contributed by atoms with Gasteiger partial charge in [-0.3, -0.25) is 4.79 Å². The Morgan fingerprint density at radius 2 is 2.12 bits per heavy atom. The normalized spacial score (nSPS) is 13.2. The van der Waals surface area contributed by atoms with Gasteiger partial charge in [-0.15, -0.1) is 0 Å². The van der Waals surface area contributed by atoms with Crippen molar-refractivity contribution in [3.8, 4) is 5.75 Å². The van der Waals surface area contributed by atoms with E-state index in [0.717, 1.165) is 16.6 Å². The summed E-state index contributed by atoms with van der Waals surface area (Å²) in [4.78, 5) is 12.0. The van der Waals surface area contributed by atoms with Crippen molar-refractivity contribution in [2.45, 2.75) is 19.4 Å². The van der Waals surface area contributed by atoms with Gasteiger partial charge >= 0.3 is 0 Å². The van der Waals surface area contributed by atoms with E-state index in [2.05, 4.69) is 26.6 Å². The highest BCUT2D eigenvalue weighted by atomic mass is 79.9. The van der Waals surface area contributed by atoms with Crippen LogP contribution in [0.5, 0.6) is 5.75 Å². The van der Waals surface area contributed by atoms with Gasteiger partial charge in [0.05, 0.1) is 23.2 Å². The van der Waals surface area contributed by atoms with Crippen LogP contribution < -0.4 is 15.4 Å². The molecule has 6 heteroatoms. The van der Waals surface area contributed by atoms with Gasteiger partial charge in [0.25, 0.3) is 0 Å². The third kappa shape index (κ3) is 3.94. The molecule has 0 aromatic heterocycles. The first-order valence-electron chi connectivity index (χ1n) is 7.83. The summed E-state index contributed by atoms with van der Waals surface area (Å²) < 4.78 is 20.9. The zero-order valence-electron chi connectivity index (χ0n) is 13.1. The van der Waals surface area contributed by atoms with E-state index in [1.807, 2.05) is 30.3 Å². The Hall–Kier alpha value is -1.92. The summed E-state index contributed by atoms with van der Waals surface area (Å²) in [7, 11) is 0. The van der Waals surface area contributed by atoms with E-state index < -0.39 is 0 Å². The van der Waals surface area contributed by atoms with E-state index in [-0.39, 0.29) is 30.4 Å². The van der Waals surface area contributed by atoms with Crippen LogP contribution in [0.3, 0.4) is 0 Å². The first kappa shape index (κ1) is 16.9. The highest BCUT2D eigenvalue weighted by molar-refractivity contribution is 9.10. The van der Waals surface area contributed by atoms with Crippen molar-refractivity contribution in [2.24, 2.45) is 0 Å². The molecule has 0 bridgehead atoms. The van der Waals surface area contributed by atoms with Gasteiger partial charge in [0.15, 0.2) is 0 Å². The molecule has 0 radical (unpaired) electrons. The second kappa shape index (κ2) is 7.77. The van der Waals surface area contributed by atoms with Crippen LogP contribution in [0.2, 0.25) is 0 Å². The standard InChI is InChI=1S/C18H18BrFN2O2/c19-14-3-1-2-4-16(14)24-10-8-17(23)22-15-6-5-12-11-21-9-7-13(12)18(15)20/h1-6,21H,7-11H2,(H,22,23). The summed E-state index contributed by atoms with van der Waals surface area (Å²) in [5.41, 5.74) is 1.88. The fourth-order valence-electron chi connectivity index (χ4n) is 2.66. The average Bonchev–Trinajstić information content (AvgIpc) is 2.59. The third-order valence-corrected chi connectivity index (χ3v) is 4.56. The van der Waals surface area contributed by atoms with Crippen LogP contribution in [0.15, 0.2) is 40.9 Å². The molecule has 1 aliphatic heterocycles. The molecular weight excluding hydrogens is 375 g/mol. The number of hydrogen-bond acceptors (Lipinski definition) is 3. The zero-order chi connectivity index (χ0) is 16.9. The minimum Gasteiger partial charge on any atom is -0.492 e. The number of anilines is 1. The average molecular weight is 393 g/mol. The second-order valence-corrected chi connectivity index (χ2v) is 6.42. The summed E-state index contributed by atoms with van der Waals surface area (Å²) in [6.45, 7) is 1.65. The number of fused-ring (bicyclic) bond motifs is 1. The van der Waals surface area contributed by atoms with Gasteiger partial charge in [0.2, 0.25) is 5.91 Å². The molecule has 0 saturated heterocycles. The molecule has 4 nitrogen and oxygen atoms in total. The fraction of sp³-hybridized carbons (Fsp3) is 0.278. The van der Waals surface area contributed by atoms with Crippen molar-refractivity contribution >= 4 is 27.5 Å². The maximum atomic E-state index is 14.5. The van der Waals surface area contributed by atoms with Crippen molar-refractivity contribution in [2.75, 3.05) is 18.5 Å². The van der Waals surface area contributed by atoms with Crippen molar-refractivity contribution in [1.29, 1.82) is 0 Å². The summed E-state index contributed by atoms with van der Waals surface area (Å²) in [6.07, 6.45) is 0.787. The molecule has 0 aliphatic carbocycles. The molecule has 0 saturated carbocycles. The number of para-hydroxylation sites is 1. The Labute approximate surface area is 148 Å². The number of amides is 1. The molecular formula is C18H18BrFN2O2. The highest BCUT2D eigenvalue weighted by Crippen LogP contribution is 2.25. The molecule has 1 aliphatic rings. The molecule has 2 aromatic carbocycles. The molecule has 0 atom stereocenters. The van der Waals surface area contributed by atoms with Crippen LogP contribution >= 0.6 is 15.9 Å². The van der Waals surface area contributed by atoms with Crippen LogP contribution in [0.25, 0.3) is 0 Å². The van der Waals surface area contributed by atoms with Gasteiger partial charge in [-0.25, -0.2) is 4.39 Å². The molecule has 126 valence electrons. The molecule has 2 aromatic rings. The van der Waals surface area contributed by atoms with Crippen LogP contribution in [0.1, 0.15) is 17.5 Å². The Bertz CT molecular complexity index is 752. The number of benzene rings is 2. The summed E-state index contributed by atoms with van der Waals surface area (Å²) in [6, 6.07) is 10.9. The second-order valence-electron chi connectivity index (χ2n) is 5.57. The number of carbonyl (C=O) groups excluding carboxylic acids is 1. The van der Waals surface area contributed by atoms with E-state index in [4.69, 9.17) is 4.74 Å². The van der Waals surface area contributed by atoms with Crippen molar-refractivity contribution in [3.63, 3.8) is 0 Å². The topological polar surface area (TPSA) is 50.4 Å². The molecule has 1 heterocycles. The minimum atomic E-state index is -0.325. The minimum absolute atomic E-state index is 0.152. The first-order valence-corrected chi connectivity index (χ1v) is 8.62. The Morgan fingerprint density at radius 1 is 1.29 bits per heavy atom. The summed E-state index contributed by atoms with van der Waals surface area (Å²) in [5, 5.41) is 5.84. The lowest BCUT2D eigenvalue weighted by Crippen LogP contribution is -2.25. The molecule has 0 spiro atoms. The molecule has 2 N–H and O–H groups in total. The Kier molecular flexibility index (Phi) is 5.48. The van der Waals surface area contributed by atoms with Crippen molar-refractivity contribution in [1.82, 2.24) is 5.32 Å². The molecule has 1 amide bonds. The maximum absolute atomic E-state index is 14.5. The van der Waals surface area contributed by atoms with E-state index >= 15 is 0 Å². The highest BCUT2D eigenvalue weighted by Gasteiger charge is 2.17. The number of hydrogen-bond donors (Lipinski definition) is 2. The third-order valence-electron chi connectivity index (χ3n) is 3.90. The maximum Gasteiger partial charge on any atom is 0.227 e. The Balaban J connectivity index is 1.56. The molecule has 0 unspecified atom stereocenters.